The SMILES string of the molecule is CC(NC(=O)c1cc(-c2ccc(F)cc2)nn1-c1ccccc1Cl)c1ccccc1. The number of nitrogens with zero attached hydrogens (tertiary/aromatic N) is 2. The lowest BCUT2D eigenvalue weighted by Gasteiger charge is -2.15. The third-order valence-electron chi connectivity index (χ3n) is 4.81. The second-order valence-electron chi connectivity index (χ2n) is 6.89. The van der Waals surface area contributed by atoms with Gasteiger partial charge in [-0.05, 0) is 55.0 Å². The Kier molecular flexibility index (Phi) is 5.63. The van der Waals surface area contributed by atoms with Gasteiger partial charge in [0, 0.05) is 5.56 Å². The summed E-state index contributed by atoms with van der Waals surface area (Å²) in [6, 6.07) is 24.4. The molecule has 3 aromatic carbocycles. The van der Waals surface area contributed by atoms with Gasteiger partial charge in [-0.25, -0.2) is 9.07 Å². The number of hydrogen-bond acceptors (Lipinski definition) is 2. The number of hydrogen-bond donors (Lipinski definition) is 1. The summed E-state index contributed by atoms with van der Waals surface area (Å²) in [6.07, 6.45) is 0. The molecule has 0 fully saturated rings. The normalized spacial score (nSPS) is 11.8. The zero-order valence-corrected chi connectivity index (χ0v) is 17.0. The number of aromatic nitrogens is 2. The zero-order valence-electron chi connectivity index (χ0n) is 16.2. The molecule has 0 saturated carbocycles. The topological polar surface area (TPSA) is 46.9 Å². The van der Waals surface area contributed by atoms with Crippen LogP contribution in [0.5, 0.6) is 0 Å². The Bertz CT molecular complexity index is 1170. The average Bonchev–Trinajstić information content (AvgIpc) is 3.20. The molecule has 1 aromatic heterocycles. The summed E-state index contributed by atoms with van der Waals surface area (Å²) in [5.41, 5.74) is 3.17. The third kappa shape index (κ3) is 4.11. The Hall–Kier alpha value is -3.44. The number of rotatable bonds is 5. The van der Waals surface area contributed by atoms with Gasteiger partial charge in [0.2, 0.25) is 0 Å². The molecule has 0 bridgehead atoms. The number of halogens is 2. The van der Waals surface area contributed by atoms with Crippen LogP contribution in [0.25, 0.3) is 16.9 Å². The molecule has 1 unspecified atom stereocenters. The monoisotopic (exact) mass is 419 g/mol. The molecule has 1 N–H and O–H groups in total. The van der Waals surface area contributed by atoms with Gasteiger partial charge in [0.1, 0.15) is 11.5 Å². The van der Waals surface area contributed by atoms with Gasteiger partial charge < -0.3 is 5.32 Å². The van der Waals surface area contributed by atoms with E-state index in [0.717, 1.165) is 5.56 Å². The molecule has 1 atom stereocenters. The third-order valence-corrected chi connectivity index (χ3v) is 5.13. The molecule has 0 spiro atoms. The average molecular weight is 420 g/mol. The first-order valence-electron chi connectivity index (χ1n) is 9.49. The van der Waals surface area contributed by atoms with Crippen LogP contribution in [0.1, 0.15) is 29.0 Å². The molecule has 0 aliphatic rings. The number of amides is 1. The highest BCUT2D eigenvalue weighted by Crippen LogP contribution is 2.26. The van der Waals surface area contributed by atoms with Crippen LogP contribution >= 0.6 is 11.6 Å². The van der Waals surface area contributed by atoms with Gasteiger partial charge >= 0.3 is 0 Å². The minimum absolute atomic E-state index is 0.192. The summed E-state index contributed by atoms with van der Waals surface area (Å²) < 4.78 is 14.9. The maximum absolute atomic E-state index is 13.3. The van der Waals surface area contributed by atoms with Crippen molar-refractivity contribution in [3.8, 4) is 16.9 Å². The Morgan fingerprint density at radius 1 is 1.00 bits per heavy atom. The van der Waals surface area contributed by atoms with Gasteiger partial charge in [-0.15, -0.1) is 0 Å². The molecule has 0 aliphatic heterocycles. The zero-order chi connectivity index (χ0) is 21.1. The highest BCUT2D eigenvalue weighted by atomic mass is 35.5. The summed E-state index contributed by atoms with van der Waals surface area (Å²) in [7, 11) is 0. The molecule has 0 saturated heterocycles. The fraction of sp³-hybridized carbons (Fsp3) is 0.0833. The van der Waals surface area contributed by atoms with Crippen LogP contribution in [-0.2, 0) is 0 Å². The lowest BCUT2D eigenvalue weighted by molar-refractivity contribution is 0.0932. The van der Waals surface area contributed by atoms with E-state index in [1.165, 1.54) is 16.8 Å². The standard InChI is InChI=1S/C24H19ClFN3O/c1-16(17-7-3-2-4-8-17)27-24(30)23-15-21(18-11-13-19(26)14-12-18)28-29(23)22-10-6-5-9-20(22)25/h2-16H,1H3,(H,27,30). The molecule has 0 aliphatic carbocycles. The predicted octanol–water partition coefficient (Wildman–Crippen LogP) is 5.82. The molecular weight excluding hydrogens is 401 g/mol. The van der Waals surface area contributed by atoms with E-state index < -0.39 is 0 Å². The van der Waals surface area contributed by atoms with Crippen molar-refractivity contribution in [3.63, 3.8) is 0 Å². The van der Waals surface area contributed by atoms with Crippen molar-refractivity contribution in [2.45, 2.75) is 13.0 Å². The summed E-state index contributed by atoms with van der Waals surface area (Å²) in [5, 5.41) is 8.07. The first kappa shape index (κ1) is 19.9. The highest BCUT2D eigenvalue weighted by Gasteiger charge is 2.20. The maximum Gasteiger partial charge on any atom is 0.270 e. The van der Waals surface area contributed by atoms with Crippen LogP contribution in [0, 0.1) is 5.82 Å². The van der Waals surface area contributed by atoms with Gasteiger partial charge in [-0.3, -0.25) is 4.79 Å². The van der Waals surface area contributed by atoms with E-state index in [9.17, 15) is 9.18 Å². The molecule has 30 heavy (non-hydrogen) atoms. The van der Waals surface area contributed by atoms with Crippen LogP contribution in [0.2, 0.25) is 5.02 Å². The quantitative estimate of drug-likeness (QED) is 0.443. The smallest absolute Gasteiger partial charge is 0.270 e. The molecule has 6 heteroatoms. The summed E-state index contributed by atoms with van der Waals surface area (Å²) in [5.74, 6) is -0.619. The van der Waals surface area contributed by atoms with Crippen molar-refractivity contribution in [2.75, 3.05) is 0 Å². The summed E-state index contributed by atoms with van der Waals surface area (Å²) in [4.78, 5) is 13.2. The van der Waals surface area contributed by atoms with Crippen molar-refractivity contribution >= 4 is 17.5 Å². The highest BCUT2D eigenvalue weighted by molar-refractivity contribution is 6.32. The Balaban J connectivity index is 1.74. The van der Waals surface area contributed by atoms with Crippen molar-refractivity contribution in [1.82, 2.24) is 15.1 Å². The van der Waals surface area contributed by atoms with Gasteiger partial charge in [-0.1, -0.05) is 54.1 Å². The molecule has 4 aromatic rings. The van der Waals surface area contributed by atoms with Crippen LogP contribution in [0.4, 0.5) is 4.39 Å². The summed E-state index contributed by atoms with van der Waals surface area (Å²) >= 11 is 6.37. The van der Waals surface area contributed by atoms with Gasteiger partial charge in [0.25, 0.3) is 5.91 Å². The number of carbonyl (C=O) groups is 1. The van der Waals surface area contributed by atoms with Crippen LogP contribution < -0.4 is 5.32 Å². The van der Waals surface area contributed by atoms with E-state index >= 15 is 0 Å². The summed E-state index contributed by atoms with van der Waals surface area (Å²) in [6.45, 7) is 1.92. The second kappa shape index (κ2) is 8.51. The van der Waals surface area contributed by atoms with Crippen LogP contribution in [0.15, 0.2) is 84.9 Å². The minimum Gasteiger partial charge on any atom is -0.344 e. The maximum atomic E-state index is 13.3. The van der Waals surface area contributed by atoms with E-state index in [1.54, 1.807) is 30.3 Å². The van der Waals surface area contributed by atoms with E-state index in [0.29, 0.717) is 27.7 Å². The van der Waals surface area contributed by atoms with E-state index in [-0.39, 0.29) is 17.8 Å². The lowest BCUT2D eigenvalue weighted by atomic mass is 10.1. The molecule has 0 radical (unpaired) electrons. The van der Waals surface area contributed by atoms with Crippen LogP contribution in [0.3, 0.4) is 0 Å². The van der Waals surface area contributed by atoms with Crippen molar-refractivity contribution < 1.29 is 9.18 Å². The van der Waals surface area contributed by atoms with Gasteiger partial charge in [-0.2, -0.15) is 5.10 Å². The molecule has 1 heterocycles. The Morgan fingerprint density at radius 3 is 2.37 bits per heavy atom. The number of para-hydroxylation sites is 1. The molecular formula is C24H19ClFN3O. The van der Waals surface area contributed by atoms with Gasteiger partial charge in [0.15, 0.2) is 0 Å². The predicted molar refractivity (Wildman–Crippen MR) is 116 cm³/mol. The van der Waals surface area contributed by atoms with Gasteiger partial charge in [0.05, 0.1) is 22.4 Å². The van der Waals surface area contributed by atoms with E-state index in [1.807, 2.05) is 49.4 Å². The minimum atomic E-state index is -0.334. The lowest BCUT2D eigenvalue weighted by Crippen LogP contribution is -2.28. The Morgan fingerprint density at radius 2 is 1.67 bits per heavy atom. The largest absolute Gasteiger partial charge is 0.344 e. The number of carbonyl (C=O) groups excluding carboxylic acids is 1. The molecule has 1 amide bonds. The first-order chi connectivity index (χ1) is 14.5. The van der Waals surface area contributed by atoms with Crippen molar-refractivity contribution in [1.29, 1.82) is 0 Å². The number of nitrogens with one attached hydrogen (secondary N) is 1. The van der Waals surface area contributed by atoms with Crippen LogP contribution in [-0.4, -0.2) is 15.7 Å². The second-order valence-corrected chi connectivity index (χ2v) is 7.30. The fourth-order valence-corrected chi connectivity index (χ4v) is 3.42. The first-order valence-corrected chi connectivity index (χ1v) is 9.87. The van der Waals surface area contributed by atoms with Crippen molar-refractivity contribution in [3.05, 3.63) is 107 Å². The molecule has 150 valence electrons. The Labute approximate surface area is 178 Å². The van der Waals surface area contributed by atoms with E-state index in [4.69, 9.17) is 11.6 Å². The fourth-order valence-electron chi connectivity index (χ4n) is 3.21. The molecule has 4 nitrogen and oxygen atoms in total. The van der Waals surface area contributed by atoms with E-state index in [2.05, 4.69) is 10.4 Å². The number of benzene rings is 3. The van der Waals surface area contributed by atoms with Crippen molar-refractivity contribution in [2.24, 2.45) is 0 Å². The molecule has 4 rings (SSSR count).